The van der Waals surface area contributed by atoms with Gasteiger partial charge in [0.05, 0.1) is 28.8 Å². The summed E-state index contributed by atoms with van der Waals surface area (Å²) in [4.78, 5) is 32.2. The summed E-state index contributed by atoms with van der Waals surface area (Å²) in [6, 6.07) is 11.7. The molecule has 8 nitrogen and oxygen atoms in total. The normalized spacial score (nSPS) is 18.2. The van der Waals surface area contributed by atoms with Crippen molar-refractivity contribution >= 4 is 32.6 Å². The number of benzene rings is 1. The molecule has 174 valence electrons. The van der Waals surface area contributed by atoms with Gasteiger partial charge in [-0.05, 0) is 44.0 Å². The number of para-hydroxylation sites is 1. The smallest absolute Gasteiger partial charge is 0.339 e. The van der Waals surface area contributed by atoms with Crippen LogP contribution in [0.25, 0.3) is 22.4 Å². The van der Waals surface area contributed by atoms with Gasteiger partial charge in [-0.2, -0.15) is 0 Å². The van der Waals surface area contributed by atoms with Crippen molar-refractivity contribution in [1.82, 2.24) is 9.88 Å². The molecule has 2 atom stereocenters. The molecule has 0 N–H and O–H groups in total. The Morgan fingerprint density at radius 3 is 2.70 bits per heavy atom. The minimum Gasteiger partial charge on any atom is -0.463 e. The summed E-state index contributed by atoms with van der Waals surface area (Å²) in [7, 11) is -3.16. The van der Waals surface area contributed by atoms with Crippen molar-refractivity contribution in [3.63, 3.8) is 0 Å². The summed E-state index contributed by atoms with van der Waals surface area (Å²) in [5, 5.41) is 0.603. The first-order valence-electron chi connectivity index (χ1n) is 10.9. The average molecular weight is 471 g/mol. The Morgan fingerprint density at radius 2 is 2.03 bits per heavy atom. The van der Waals surface area contributed by atoms with Crippen LogP contribution in [0.2, 0.25) is 0 Å². The average Bonchev–Trinajstić information content (AvgIpc) is 3.46. The van der Waals surface area contributed by atoms with E-state index in [1.54, 1.807) is 41.3 Å². The molecule has 3 aromatic rings. The number of hydrogen-bond donors (Lipinski definition) is 0. The number of esters is 1. The molecule has 33 heavy (non-hydrogen) atoms. The lowest BCUT2D eigenvalue weighted by Crippen LogP contribution is -2.48. The SMILES string of the molecule is CCC(C)N(C(=O)COC(=O)c1cc(-c2ccco2)nc2ccccc12)C1CCS(=O)(=O)C1. The third-order valence-electron chi connectivity index (χ3n) is 5.99. The molecule has 1 aliphatic heterocycles. The fourth-order valence-electron chi connectivity index (χ4n) is 4.18. The second-order valence-electron chi connectivity index (χ2n) is 8.24. The van der Waals surface area contributed by atoms with Crippen LogP contribution >= 0.6 is 0 Å². The Labute approximate surface area is 192 Å². The van der Waals surface area contributed by atoms with Gasteiger partial charge < -0.3 is 14.1 Å². The summed E-state index contributed by atoms with van der Waals surface area (Å²) >= 11 is 0. The Bertz CT molecular complexity index is 1270. The lowest BCUT2D eigenvalue weighted by Gasteiger charge is -2.33. The molecule has 1 amide bonds. The molecule has 3 heterocycles. The standard InChI is InChI=1S/C24H26N2O6S/c1-3-16(2)26(17-10-12-33(29,30)15-17)23(27)14-32-24(28)19-13-21(22-9-6-11-31-22)25-20-8-5-4-7-18(19)20/h4-9,11,13,16-17H,3,10,12,14-15H2,1-2H3. The van der Waals surface area contributed by atoms with Gasteiger partial charge in [0.15, 0.2) is 22.2 Å². The Kier molecular flexibility index (Phi) is 6.51. The van der Waals surface area contributed by atoms with E-state index in [0.717, 1.165) is 0 Å². The van der Waals surface area contributed by atoms with E-state index < -0.39 is 34.4 Å². The van der Waals surface area contributed by atoms with Crippen molar-refractivity contribution in [2.24, 2.45) is 0 Å². The molecular weight excluding hydrogens is 444 g/mol. The third kappa shape index (κ3) is 4.93. The summed E-state index contributed by atoms with van der Waals surface area (Å²) in [5.41, 5.74) is 1.36. The molecule has 1 fully saturated rings. The zero-order valence-electron chi connectivity index (χ0n) is 18.6. The van der Waals surface area contributed by atoms with Gasteiger partial charge in [0.2, 0.25) is 0 Å². The van der Waals surface area contributed by atoms with Crippen molar-refractivity contribution in [2.75, 3.05) is 18.1 Å². The van der Waals surface area contributed by atoms with E-state index in [-0.39, 0.29) is 23.1 Å². The predicted octanol–water partition coefficient (Wildman–Crippen LogP) is 3.47. The fourth-order valence-corrected chi connectivity index (χ4v) is 5.89. The highest BCUT2D eigenvalue weighted by Crippen LogP contribution is 2.26. The minimum absolute atomic E-state index is 0.0570. The first-order valence-corrected chi connectivity index (χ1v) is 12.7. The lowest BCUT2D eigenvalue weighted by molar-refractivity contribution is -0.138. The minimum atomic E-state index is -3.16. The van der Waals surface area contributed by atoms with E-state index in [9.17, 15) is 18.0 Å². The molecular formula is C24H26N2O6S. The Balaban J connectivity index is 1.56. The summed E-state index contributed by atoms with van der Waals surface area (Å²) in [6.07, 6.45) is 2.58. The first kappa shape index (κ1) is 23.0. The highest BCUT2D eigenvalue weighted by atomic mass is 32.2. The number of rotatable bonds is 7. The van der Waals surface area contributed by atoms with Gasteiger partial charge >= 0.3 is 5.97 Å². The summed E-state index contributed by atoms with van der Waals surface area (Å²) in [5.74, 6) is -0.534. The van der Waals surface area contributed by atoms with Gasteiger partial charge in [-0.1, -0.05) is 25.1 Å². The van der Waals surface area contributed by atoms with Gasteiger partial charge in [-0.25, -0.2) is 18.2 Å². The number of ether oxygens (including phenoxy) is 1. The molecule has 1 aromatic carbocycles. The van der Waals surface area contributed by atoms with Crippen LogP contribution in [0, 0.1) is 0 Å². The monoisotopic (exact) mass is 470 g/mol. The molecule has 0 radical (unpaired) electrons. The van der Waals surface area contributed by atoms with Crippen LogP contribution < -0.4 is 0 Å². The number of furan rings is 1. The maximum absolute atomic E-state index is 13.0. The van der Waals surface area contributed by atoms with E-state index in [1.807, 2.05) is 19.9 Å². The van der Waals surface area contributed by atoms with E-state index in [0.29, 0.717) is 35.2 Å². The zero-order valence-corrected chi connectivity index (χ0v) is 19.4. The van der Waals surface area contributed by atoms with E-state index >= 15 is 0 Å². The van der Waals surface area contributed by atoms with Crippen molar-refractivity contribution in [2.45, 2.75) is 38.8 Å². The summed E-state index contributed by atoms with van der Waals surface area (Å²) in [6.45, 7) is 3.34. The molecule has 2 aromatic heterocycles. The van der Waals surface area contributed by atoms with Gasteiger partial charge in [0.1, 0.15) is 5.69 Å². The van der Waals surface area contributed by atoms with Gasteiger partial charge in [-0.15, -0.1) is 0 Å². The Morgan fingerprint density at radius 1 is 1.24 bits per heavy atom. The van der Waals surface area contributed by atoms with Crippen molar-refractivity contribution in [3.8, 4) is 11.5 Å². The van der Waals surface area contributed by atoms with E-state index in [4.69, 9.17) is 9.15 Å². The first-order chi connectivity index (χ1) is 15.8. The molecule has 0 spiro atoms. The number of carbonyl (C=O) groups is 2. The maximum Gasteiger partial charge on any atom is 0.339 e. The van der Waals surface area contributed by atoms with Crippen molar-refractivity contribution in [3.05, 3.63) is 54.3 Å². The van der Waals surface area contributed by atoms with Gasteiger partial charge in [-0.3, -0.25) is 4.79 Å². The number of fused-ring (bicyclic) bond motifs is 1. The van der Waals surface area contributed by atoms with E-state index in [2.05, 4.69) is 4.98 Å². The predicted molar refractivity (Wildman–Crippen MR) is 123 cm³/mol. The molecule has 0 saturated carbocycles. The van der Waals surface area contributed by atoms with Gasteiger partial charge in [0.25, 0.3) is 5.91 Å². The molecule has 0 bridgehead atoms. The quantitative estimate of drug-likeness (QED) is 0.487. The largest absolute Gasteiger partial charge is 0.463 e. The van der Waals surface area contributed by atoms with Crippen LogP contribution in [0.3, 0.4) is 0 Å². The molecule has 2 unspecified atom stereocenters. The van der Waals surface area contributed by atoms with Gasteiger partial charge in [0, 0.05) is 17.5 Å². The van der Waals surface area contributed by atoms with Crippen LogP contribution in [0.1, 0.15) is 37.0 Å². The number of aromatic nitrogens is 1. The highest BCUT2D eigenvalue weighted by Gasteiger charge is 2.36. The van der Waals surface area contributed by atoms with Crippen LogP contribution in [0.5, 0.6) is 0 Å². The maximum atomic E-state index is 13.0. The zero-order chi connectivity index (χ0) is 23.6. The number of amides is 1. The number of pyridine rings is 1. The number of nitrogens with zero attached hydrogens (tertiary/aromatic N) is 2. The summed E-state index contributed by atoms with van der Waals surface area (Å²) < 4.78 is 34.7. The molecule has 1 aliphatic rings. The molecule has 0 aliphatic carbocycles. The lowest BCUT2D eigenvalue weighted by atomic mass is 10.1. The van der Waals surface area contributed by atoms with Crippen molar-refractivity contribution in [1.29, 1.82) is 0 Å². The van der Waals surface area contributed by atoms with Crippen LogP contribution in [-0.2, 0) is 19.4 Å². The third-order valence-corrected chi connectivity index (χ3v) is 7.74. The number of carbonyl (C=O) groups excluding carboxylic acids is 2. The topological polar surface area (TPSA) is 107 Å². The number of hydrogen-bond acceptors (Lipinski definition) is 7. The second-order valence-corrected chi connectivity index (χ2v) is 10.5. The fraction of sp³-hybridized carbons (Fsp3) is 0.375. The molecule has 9 heteroatoms. The number of sulfone groups is 1. The van der Waals surface area contributed by atoms with E-state index in [1.165, 1.54) is 6.26 Å². The van der Waals surface area contributed by atoms with Crippen LogP contribution in [0.4, 0.5) is 0 Å². The molecule has 1 saturated heterocycles. The Hall–Kier alpha value is -3.20. The second kappa shape index (κ2) is 9.35. The highest BCUT2D eigenvalue weighted by molar-refractivity contribution is 7.91. The van der Waals surface area contributed by atoms with Crippen LogP contribution in [-0.4, -0.2) is 60.4 Å². The van der Waals surface area contributed by atoms with Crippen molar-refractivity contribution < 1.29 is 27.2 Å². The molecule has 4 rings (SSSR count). The van der Waals surface area contributed by atoms with Crippen LogP contribution in [0.15, 0.2) is 53.1 Å².